The lowest BCUT2D eigenvalue weighted by Crippen LogP contribution is -2.43. The first-order valence-electron chi connectivity index (χ1n) is 5.41. The fourth-order valence-corrected chi connectivity index (χ4v) is 1.37. The van der Waals surface area contributed by atoms with E-state index in [0.29, 0.717) is 5.69 Å². The number of aromatic nitrogens is 1. The molecule has 1 aromatic rings. The zero-order chi connectivity index (χ0) is 14.4. The van der Waals surface area contributed by atoms with Crippen LogP contribution in [0.5, 0.6) is 0 Å². The number of aliphatic carboxylic acids is 1. The molecule has 0 saturated heterocycles. The van der Waals surface area contributed by atoms with Gasteiger partial charge in [0.15, 0.2) is 0 Å². The third kappa shape index (κ3) is 4.36. The number of carbonyl (C=O) groups excluding carboxylic acids is 2. The lowest BCUT2D eigenvalue weighted by Gasteiger charge is -2.12. The minimum atomic E-state index is -1.36. The molecule has 2 amide bonds. The Morgan fingerprint density at radius 3 is 2.63 bits per heavy atom. The van der Waals surface area contributed by atoms with E-state index < -0.39 is 30.2 Å². The number of nitrogens with one attached hydrogen (secondary N) is 1. The van der Waals surface area contributed by atoms with Crippen molar-refractivity contribution in [2.45, 2.75) is 19.0 Å². The highest BCUT2D eigenvalue weighted by Crippen LogP contribution is 2.03. The van der Waals surface area contributed by atoms with Crippen molar-refractivity contribution in [2.75, 3.05) is 0 Å². The number of carbonyl (C=O) groups is 3. The summed E-state index contributed by atoms with van der Waals surface area (Å²) in [5.41, 5.74) is 11.0. The molecule has 1 atom stereocenters. The lowest BCUT2D eigenvalue weighted by atomic mass is 10.1. The van der Waals surface area contributed by atoms with Crippen LogP contribution in [-0.4, -0.2) is 33.9 Å². The topological polar surface area (TPSA) is 148 Å². The molecule has 0 spiro atoms. The number of carboxylic acids is 1. The van der Waals surface area contributed by atoms with E-state index in [4.69, 9.17) is 16.6 Å². The van der Waals surface area contributed by atoms with E-state index in [1.54, 1.807) is 0 Å². The predicted octanol–water partition coefficient (Wildman–Crippen LogP) is -1.40. The van der Waals surface area contributed by atoms with E-state index in [9.17, 15) is 14.4 Å². The van der Waals surface area contributed by atoms with Crippen molar-refractivity contribution in [1.82, 2.24) is 10.3 Å². The molecule has 0 aliphatic heterocycles. The summed E-state index contributed by atoms with van der Waals surface area (Å²) in [6.07, 6.45) is 0.914. The summed E-state index contributed by atoms with van der Waals surface area (Å²) in [5.74, 6) is -2.78. The second-order valence-electron chi connectivity index (χ2n) is 3.77. The average molecular weight is 266 g/mol. The molecule has 8 heteroatoms. The van der Waals surface area contributed by atoms with E-state index >= 15 is 0 Å². The van der Waals surface area contributed by atoms with Gasteiger partial charge in [0.25, 0.3) is 5.91 Å². The van der Waals surface area contributed by atoms with Crippen molar-refractivity contribution in [3.8, 4) is 0 Å². The van der Waals surface area contributed by atoms with Crippen LogP contribution in [0.3, 0.4) is 0 Å². The monoisotopic (exact) mass is 266 g/mol. The van der Waals surface area contributed by atoms with Gasteiger partial charge in [-0.1, -0.05) is 0 Å². The molecule has 0 radical (unpaired) electrons. The highest BCUT2D eigenvalue weighted by atomic mass is 16.4. The summed E-state index contributed by atoms with van der Waals surface area (Å²) >= 11 is 0. The number of primary amides is 1. The fraction of sp³-hybridized carbons (Fsp3) is 0.273. The number of rotatable bonds is 6. The summed E-state index contributed by atoms with van der Waals surface area (Å²) in [4.78, 5) is 37.3. The number of amides is 2. The molecule has 19 heavy (non-hydrogen) atoms. The maximum absolute atomic E-state index is 11.8. The van der Waals surface area contributed by atoms with Crippen molar-refractivity contribution in [2.24, 2.45) is 11.5 Å². The largest absolute Gasteiger partial charge is 0.480 e. The molecule has 0 fully saturated rings. The van der Waals surface area contributed by atoms with E-state index in [-0.39, 0.29) is 12.1 Å². The number of pyridine rings is 1. The van der Waals surface area contributed by atoms with Gasteiger partial charge in [-0.05, 0) is 12.1 Å². The Morgan fingerprint density at radius 2 is 2.11 bits per heavy atom. The molecular formula is C11H14N4O4. The maximum Gasteiger partial charge on any atom is 0.326 e. The Hall–Kier alpha value is -2.48. The van der Waals surface area contributed by atoms with Gasteiger partial charge in [-0.2, -0.15) is 0 Å². The molecule has 8 nitrogen and oxygen atoms in total. The minimum Gasteiger partial charge on any atom is -0.480 e. The molecule has 1 aromatic heterocycles. The van der Waals surface area contributed by atoms with Gasteiger partial charge in [0.1, 0.15) is 6.04 Å². The summed E-state index contributed by atoms with van der Waals surface area (Å²) < 4.78 is 0. The predicted molar refractivity (Wildman–Crippen MR) is 64.8 cm³/mol. The molecule has 0 bridgehead atoms. The summed E-state index contributed by atoms with van der Waals surface area (Å²) in [6.45, 7) is 0.158. The van der Waals surface area contributed by atoms with Crippen LogP contribution in [0.4, 0.5) is 0 Å². The number of hydrogen-bond acceptors (Lipinski definition) is 5. The van der Waals surface area contributed by atoms with Gasteiger partial charge >= 0.3 is 5.97 Å². The smallest absolute Gasteiger partial charge is 0.326 e. The van der Waals surface area contributed by atoms with Gasteiger partial charge in [-0.3, -0.25) is 14.6 Å². The normalized spacial score (nSPS) is 11.6. The SMILES string of the molecule is NCc1cc(C(=O)N[C@@H](CC(N)=O)C(=O)O)ccn1. The van der Waals surface area contributed by atoms with Crippen LogP contribution in [0.15, 0.2) is 18.3 Å². The number of nitrogens with zero attached hydrogens (tertiary/aromatic N) is 1. The number of carboxylic acid groups (broad SMARTS) is 1. The first kappa shape index (κ1) is 14.6. The highest BCUT2D eigenvalue weighted by molar-refractivity contribution is 5.97. The zero-order valence-corrected chi connectivity index (χ0v) is 10.00. The van der Waals surface area contributed by atoms with Crippen LogP contribution in [-0.2, 0) is 16.1 Å². The minimum absolute atomic E-state index is 0.158. The van der Waals surface area contributed by atoms with Gasteiger partial charge in [0.2, 0.25) is 5.91 Å². The Kier molecular flexibility index (Phi) is 4.95. The molecular weight excluding hydrogens is 252 g/mol. The average Bonchev–Trinajstić information content (AvgIpc) is 2.37. The second-order valence-corrected chi connectivity index (χ2v) is 3.77. The molecule has 0 saturated carbocycles. The molecule has 0 aromatic carbocycles. The van der Waals surface area contributed by atoms with Gasteiger partial charge < -0.3 is 21.9 Å². The van der Waals surface area contributed by atoms with Crippen molar-refractivity contribution >= 4 is 17.8 Å². The van der Waals surface area contributed by atoms with E-state index in [2.05, 4.69) is 10.3 Å². The molecule has 0 aliphatic carbocycles. The van der Waals surface area contributed by atoms with Crippen LogP contribution in [0.2, 0.25) is 0 Å². The Balaban J connectivity index is 2.81. The maximum atomic E-state index is 11.8. The fourth-order valence-electron chi connectivity index (χ4n) is 1.37. The molecule has 6 N–H and O–H groups in total. The summed E-state index contributed by atoms with van der Waals surface area (Å²) in [7, 11) is 0. The Labute approximate surface area is 108 Å². The van der Waals surface area contributed by atoms with Gasteiger partial charge in [0.05, 0.1) is 12.1 Å². The van der Waals surface area contributed by atoms with Crippen LogP contribution < -0.4 is 16.8 Å². The van der Waals surface area contributed by atoms with E-state index in [0.717, 1.165) is 0 Å². The van der Waals surface area contributed by atoms with Crippen molar-refractivity contribution in [3.05, 3.63) is 29.6 Å². The first-order chi connectivity index (χ1) is 8.93. The zero-order valence-electron chi connectivity index (χ0n) is 10.00. The number of nitrogens with two attached hydrogens (primary N) is 2. The van der Waals surface area contributed by atoms with Crippen molar-refractivity contribution in [3.63, 3.8) is 0 Å². The van der Waals surface area contributed by atoms with E-state index in [1.165, 1.54) is 18.3 Å². The molecule has 102 valence electrons. The number of hydrogen-bond donors (Lipinski definition) is 4. The Bertz CT molecular complexity index is 503. The molecule has 1 rings (SSSR count). The summed E-state index contributed by atoms with van der Waals surface area (Å²) in [5, 5.41) is 11.1. The third-order valence-corrected chi connectivity index (χ3v) is 2.30. The molecule has 0 aliphatic rings. The van der Waals surface area contributed by atoms with Crippen LogP contribution >= 0.6 is 0 Å². The van der Waals surface area contributed by atoms with Gasteiger partial charge in [-0.25, -0.2) is 4.79 Å². The van der Waals surface area contributed by atoms with Crippen LogP contribution in [0.25, 0.3) is 0 Å². The van der Waals surface area contributed by atoms with Gasteiger partial charge in [-0.15, -0.1) is 0 Å². The Morgan fingerprint density at radius 1 is 1.42 bits per heavy atom. The second kappa shape index (κ2) is 6.45. The van der Waals surface area contributed by atoms with Crippen molar-refractivity contribution < 1.29 is 19.5 Å². The van der Waals surface area contributed by atoms with Crippen molar-refractivity contribution in [1.29, 1.82) is 0 Å². The molecule has 0 unspecified atom stereocenters. The third-order valence-electron chi connectivity index (χ3n) is 2.30. The van der Waals surface area contributed by atoms with Crippen LogP contribution in [0, 0.1) is 0 Å². The highest BCUT2D eigenvalue weighted by Gasteiger charge is 2.22. The summed E-state index contributed by atoms with van der Waals surface area (Å²) in [6, 6.07) is 1.50. The van der Waals surface area contributed by atoms with Gasteiger partial charge in [0, 0.05) is 18.3 Å². The quantitative estimate of drug-likeness (QED) is 0.497. The van der Waals surface area contributed by atoms with Crippen LogP contribution in [0.1, 0.15) is 22.5 Å². The lowest BCUT2D eigenvalue weighted by molar-refractivity contribution is -0.140. The van der Waals surface area contributed by atoms with E-state index in [1.807, 2.05) is 0 Å². The standard InChI is InChI=1S/C11H14N4O4/c12-5-7-3-6(1-2-14-7)10(17)15-8(11(18)19)4-9(13)16/h1-3,8H,4-5,12H2,(H2,13,16)(H,15,17)(H,18,19)/t8-/m0/s1. The first-order valence-corrected chi connectivity index (χ1v) is 5.41. The molecule has 1 heterocycles.